The summed E-state index contributed by atoms with van der Waals surface area (Å²) in [6.07, 6.45) is 6.06. The Kier molecular flexibility index (Phi) is 8.65. The maximum atomic E-state index is 12.4. The van der Waals surface area contributed by atoms with E-state index in [0.717, 1.165) is 5.75 Å². The molecule has 140 valence electrons. The molecule has 1 atom stereocenters. The van der Waals surface area contributed by atoms with Crippen LogP contribution < -0.4 is 10.1 Å². The maximum absolute atomic E-state index is 12.4. The highest BCUT2D eigenvalue weighted by molar-refractivity contribution is 7.98. The van der Waals surface area contributed by atoms with Crippen LogP contribution >= 0.6 is 11.8 Å². The summed E-state index contributed by atoms with van der Waals surface area (Å²) < 4.78 is 10.7. The normalized spacial score (nSPS) is 12.6. The molecule has 0 saturated carbocycles. The second-order valence-electron chi connectivity index (χ2n) is 6.69. The number of ether oxygens (including phenoxy) is 2. The lowest BCUT2D eigenvalue weighted by atomic mass is 10.2. The molecular weight excluding hydrogens is 358 g/mol. The first-order valence-electron chi connectivity index (χ1n) is 8.00. The van der Waals surface area contributed by atoms with Crippen molar-refractivity contribution >= 4 is 34.7 Å². The van der Waals surface area contributed by atoms with E-state index in [1.807, 2.05) is 18.4 Å². The molecule has 1 unspecified atom stereocenters. The molecule has 25 heavy (non-hydrogen) atoms. The molecule has 1 amide bonds. The van der Waals surface area contributed by atoms with Gasteiger partial charge in [-0.2, -0.15) is 11.8 Å². The third-order valence-electron chi connectivity index (χ3n) is 3.10. The van der Waals surface area contributed by atoms with Crippen molar-refractivity contribution in [3.63, 3.8) is 0 Å². The van der Waals surface area contributed by atoms with E-state index in [2.05, 4.69) is 17.8 Å². The Morgan fingerprint density at radius 3 is 2.28 bits per heavy atom. The number of esters is 1. The van der Waals surface area contributed by atoms with Crippen LogP contribution in [0.25, 0.3) is 0 Å². The molecule has 0 aliphatic heterocycles. The van der Waals surface area contributed by atoms with Crippen molar-refractivity contribution in [3.05, 3.63) is 24.3 Å². The number of thioether (sulfide) groups is 1. The molecule has 0 aromatic heterocycles. The van der Waals surface area contributed by atoms with Crippen molar-refractivity contribution in [2.24, 2.45) is 0 Å². The largest absolute Gasteiger partial charge is 0.444 e. The van der Waals surface area contributed by atoms with E-state index >= 15 is 0 Å². The fourth-order valence-corrected chi connectivity index (χ4v) is 3.05. The molecule has 0 heterocycles. The van der Waals surface area contributed by atoms with Gasteiger partial charge in [0.15, 0.2) is 4.90 Å². The minimum atomic E-state index is -0.742. The van der Waals surface area contributed by atoms with E-state index < -0.39 is 23.7 Å². The van der Waals surface area contributed by atoms with E-state index in [1.54, 1.807) is 44.7 Å². The van der Waals surface area contributed by atoms with Crippen molar-refractivity contribution < 1.29 is 19.1 Å². The highest BCUT2D eigenvalue weighted by Gasteiger charge is 2.25. The zero-order valence-electron chi connectivity index (χ0n) is 15.8. The minimum Gasteiger partial charge on any atom is -0.444 e. The predicted octanol–water partition coefficient (Wildman–Crippen LogP) is 3.48. The van der Waals surface area contributed by atoms with Crippen LogP contribution in [0.4, 0.5) is 4.79 Å². The average molecular weight is 387 g/mol. The summed E-state index contributed by atoms with van der Waals surface area (Å²) in [5, 5.41) is 2.61. The van der Waals surface area contributed by atoms with E-state index in [4.69, 9.17) is 9.47 Å². The first kappa shape index (κ1) is 21.7. The number of hydrogen-bond acceptors (Lipinski definition) is 5. The Morgan fingerprint density at radius 1 is 1.20 bits per heavy atom. The quantitative estimate of drug-likeness (QED) is 0.442. The van der Waals surface area contributed by atoms with Crippen LogP contribution in [0.5, 0.6) is 5.75 Å². The number of carbonyl (C=O) groups is 2. The van der Waals surface area contributed by atoms with Gasteiger partial charge in [-0.3, -0.25) is 0 Å². The Labute approximate surface area is 157 Å². The highest BCUT2D eigenvalue weighted by Crippen LogP contribution is 2.17. The Morgan fingerprint density at radius 2 is 1.80 bits per heavy atom. The lowest BCUT2D eigenvalue weighted by Gasteiger charge is -2.22. The molecule has 0 aliphatic rings. The van der Waals surface area contributed by atoms with Gasteiger partial charge in [-0.25, -0.2) is 9.59 Å². The fourth-order valence-electron chi connectivity index (χ4n) is 1.90. The summed E-state index contributed by atoms with van der Waals surface area (Å²) in [6, 6.07) is 6.71. The van der Waals surface area contributed by atoms with E-state index in [-0.39, 0.29) is 10.9 Å². The van der Waals surface area contributed by atoms with Crippen LogP contribution in [0.15, 0.2) is 29.2 Å². The van der Waals surface area contributed by atoms with Gasteiger partial charge in [0.1, 0.15) is 29.9 Å². The Hall–Kier alpha value is -1.34. The zero-order chi connectivity index (χ0) is 19.0. The van der Waals surface area contributed by atoms with Crippen molar-refractivity contribution in [1.82, 2.24) is 5.32 Å². The molecule has 0 radical (unpaired) electrons. The van der Waals surface area contributed by atoms with Gasteiger partial charge in [-0.1, -0.05) is 0 Å². The van der Waals surface area contributed by atoms with Gasteiger partial charge >= 0.3 is 12.1 Å². The molecule has 1 N–H and O–H groups in total. The van der Waals surface area contributed by atoms with Gasteiger partial charge < -0.3 is 14.8 Å². The summed E-state index contributed by atoms with van der Waals surface area (Å²) in [5.74, 6) is 0.710. The van der Waals surface area contributed by atoms with Crippen molar-refractivity contribution in [3.8, 4) is 5.75 Å². The van der Waals surface area contributed by atoms with Gasteiger partial charge in [0.05, 0.1) is 0 Å². The van der Waals surface area contributed by atoms with Crippen LogP contribution in [0, 0.1) is 0 Å². The number of benzene rings is 1. The van der Waals surface area contributed by atoms with Crippen LogP contribution in [0.2, 0.25) is 0 Å². The standard InChI is InChI=1S/C18H27NO4S2/c1-18(2,3)23-17(21)19-15(11-12-24-4)16(20)22-13-7-9-14(10-8-13)25(5)6/h7-10,15H,11-12H2,1-6H3/p+1. The summed E-state index contributed by atoms with van der Waals surface area (Å²) in [7, 11) is 0.153. The van der Waals surface area contributed by atoms with Gasteiger partial charge in [0.25, 0.3) is 0 Å². The number of rotatable bonds is 7. The smallest absolute Gasteiger partial charge is 0.408 e. The van der Waals surface area contributed by atoms with Crippen molar-refractivity contribution in [2.75, 3.05) is 24.5 Å². The summed E-state index contributed by atoms with van der Waals surface area (Å²) in [4.78, 5) is 25.6. The van der Waals surface area contributed by atoms with Crippen LogP contribution in [0.1, 0.15) is 27.2 Å². The molecule has 0 fully saturated rings. The predicted molar refractivity (Wildman–Crippen MR) is 106 cm³/mol. The maximum Gasteiger partial charge on any atom is 0.408 e. The van der Waals surface area contributed by atoms with Crippen LogP contribution in [-0.2, 0) is 20.4 Å². The second-order valence-corrected chi connectivity index (χ2v) is 9.78. The molecule has 0 bridgehead atoms. The van der Waals surface area contributed by atoms with Crippen molar-refractivity contribution in [1.29, 1.82) is 0 Å². The van der Waals surface area contributed by atoms with Crippen LogP contribution in [0.3, 0.4) is 0 Å². The van der Waals surface area contributed by atoms with Gasteiger partial charge in [-0.15, -0.1) is 0 Å². The van der Waals surface area contributed by atoms with E-state index in [0.29, 0.717) is 12.2 Å². The second kappa shape index (κ2) is 9.97. The molecule has 1 aromatic rings. The van der Waals surface area contributed by atoms with E-state index in [9.17, 15) is 9.59 Å². The molecule has 1 rings (SSSR count). The topological polar surface area (TPSA) is 64.6 Å². The van der Waals surface area contributed by atoms with Crippen LogP contribution in [-0.4, -0.2) is 48.2 Å². The van der Waals surface area contributed by atoms with E-state index in [1.165, 1.54) is 4.90 Å². The first-order valence-corrected chi connectivity index (χ1v) is 11.4. The molecular formula is C18H28NO4S2+. The number of amides is 1. The third kappa shape index (κ3) is 8.54. The lowest BCUT2D eigenvalue weighted by molar-refractivity contribution is -0.136. The Bertz CT molecular complexity index is 567. The first-order chi connectivity index (χ1) is 11.6. The number of carbonyl (C=O) groups excluding carboxylic acids is 2. The number of alkyl carbamates (subject to hydrolysis) is 1. The summed E-state index contributed by atoms with van der Waals surface area (Å²) in [5.41, 5.74) is -0.620. The Balaban J connectivity index is 2.73. The lowest BCUT2D eigenvalue weighted by Crippen LogP contribution is -2.45. The van der Waals surface area contributed by atoms with Gasteiger partial charge in [0, 0.05) is 10.9 Å². The summed E-state index contributed by atoms with van der Waals surface area (Å²) >= 11 is 1.60. The fraction of sp³-hybridized carbons (Fsp3) is 0.556. The monoisotopic (exact) mass is 386 g/mol. The number of hydrogen-bond donors (Lipinski definition) is 1. The van der Waals surface area contributed by atoms with Gasteiger partial charge in [0.2, 0.25) is 0 Å². The highest BCUT2D eigenvalue weighted by atomic mass is 32.2. The molecule has 0 aliphatic carbocycles. The molecule has 7 heteroatoms. The molecule has 5 nitrogen and oxygen atoms in total. The molecule has 0 saturated heterocycles. The zero-order valence-corrected chi connectivity index (χ0v) is 17.4. The molecule has 0 spiro atoms. The third-order valence-corrected chi connectivity index (χ3v) is 4.96. The van der Waals surface area contributed by atoms with Gasteiger partial charge in [-0.05, 0) is 63.5 Å². The summed E-state index contributed by atoms with van der Waals surface area (Å²) in [6.45, 7) is 5.33. The molecule has 1 aromatic carbocycles. The SMILES string of the molecule is CSCCC(NC(=O)OC(C)(C)C)C(=O)Oc1ccc([S+](C)C)cc1. The van der Waals surface area contributed by atoms with Crippen molar-refractivity contribution in [2.45, 2.75) is 43.7 Å². The minimum absolute atomic E-state index is 0.153. The average Bonchev–Trinajstić information content (AvgIpc) is 2.50. The number of nitrogens with one attached hydrogen (secondary N) is 1.